The van der Waals surface area contributed by atoms with E-state index < -0.39 is 0 Å². The first-order valence-corrected chi connectivity index (χ1v) is 7.22. The predicted molar refractivity (Wildman–Crippen MR) is 77.8 cm³/mol. The zero-order valence-electron chi connectivity index (χ0n) is 12.0. The number of carbonyl (C=O) groups is 1. The molecule has 1 saturated heterocycles. The largest absolute Gasteiger partial charge is 0.337 e. The number of likely N-dealkylation sites (tertiary alicyclic amines) is 1. The maximum atomic E-state index is 13.0. The third-order valence-corrected chi connectivity index (χ3v) is 4.03. The summed E-state index contributed by atoms with van der Waals surface area (Å²) in [6, 6.07) is 6.05. The van der Waals surface area contributed by atoms with Gasteiger partial charge in [-0.3, -0.25) is 9.36 Å². The quantitative estimate of drug-likeness (QED) is 0.852. The van der Waals surface area contributed by atoms with E-state index in [1.165, 1.54) is 12.1 Å². The third-order valence-electron chi connectivity index (χ3n) is 4.03. The van der Waals surface area contributed by atoms with Crippen LogP contribution < -0.4 is 0 Å². The molecule has 0 N–H and O–H groups in total. The molecular weight excluding hydrogens is 269 g/mol. The number of amides is 1. The summed E-state index contributed by atoms with van der Waals surface area (Å²) in [5.74, 6) is 0.372. The second-order valence-corrected chi connectivity index (χ2v) is 5.60. The summed E-state index contributed by atoms with van der Waals surface area (Å²) in [6.07, 6.45) is 5.24. The molecule has 1 amide bonds. The molecule has 0 radical (unpaired) electrons. The molecule has 0 bridgehead atoms. The van der Waals surface area contributed by atoms with Crippen LogP contribution in [0.15, 0.2) is 36.8 Å². The number of rotatable bonds is 2. The molecule has 21 heavy (non-hydrogen) atoms. The first kappa shape index (κ1) is 13.8. The Morgan fingerprint density at radius 1 is 1.24 bits per heavy atom. The fourth-order valence-corrected chi connectivity index (χ4v) is 2.63. The van der Waals surface area contributed by atoms with Crippen molar-refractivity contribution in [1.29, 1.82) is 0 Å². The summed E-state index contributed by atoms with van der Waals surface area (Å²) >= 11 is 0. The number of imidazole rings is 1. The number of piperidine rings is 1. The second kappa shape index (κ2) is 5.68. The molecule has 0 atom stereocenters. The smallest absolute Gasteiger partial charge is 0.272 e. The molecule has 2 aromatic rings. The molecule has 1 aromatic heterocycles. The Hall–Kier alpha value is -2.17. The van der Waals surface area contributed by atoms with E-state index in [1.54, 1.807) is 29.2 Å². The number of aromatic nitrogens is 2. The van der Waals surface area contributed by atoms with E-state index in [2.05, 4.69) is 11.9 Å². The van der Waals surface area contributed by atoms with Crippen molar-refractivity contribution in [2.24, 2.45) is 5.92 Å². The molecule has 1 aliphatic rings. The zero-order chi connectivity index (χ0) is 14.8. The summed E-state index contributed by atoms with van der Waals surface area (Å²) in [4.78, 5) is 18.6. The Bertz CT molecular complexity index is 627. The summed E-state index contributed by atoms with van der Waals surface area (Å²) in [7, 11) is 0. The number of hydrogen-bond acceptors (Lipinski definition) is 2. The molecule has 0 aliphatic carbocycles. The molecule has 0 unspecified atom stereocenters. The number of halogens is 1. The van der Waals surface area contributed by atoms with Gasteiger partial charge in [-0.05, 0) is 43.0 Å². The normalized spacial score (nSPS) is 16.2. The van der Waals surface area contributed by atoms with Crippen LogP contribution >= 0.6 is 0 Å². The highest BCUT2D eigenvalue weighted by Gasteiger charge is 2.24. The molecule has 0 spiro atoms. The van der Waals surface area contributed by atoms with Crippen molar-refractivity contribution in [1.82, 2.24) is 14.5 Å². The minimum Gasteiger partial charge on any atom is -0.337 e. The molecule has 110 valence electrons. The first-order valence-electron chi connectivity index (χ1n) is 7.22. The van der Waals surface area contributed by atoms with Gasteiger partial charge in [-0.25, -0.2) is 9.37 Å². The highest BCUT2D eigenvalue weighted by molar-refractivity contribution is 5.93. The Kier molecular flexibility index (Phi) is 3.73. The van der Waals surface area contributed by atoms with Gasteiger partial charge in [0.05, 0.1) is 12.5 Å². The average Bonchev–Trinajstić information content (AvgIpc) is 2.97. The van der Waals surface area contributed by atoms with Crippen LogP contribution in [0.25, 0.3) is 5.69 Å². The van der Waals surface area contributed by atoms with E-state index in [1.807, 2.05) is 4.90 Å². The summed E-state index contributed by atoms with van der Waals surface area (Å²) in [6.45, 7) is 3.79. The Balaban J connectivity index is 1.85. The van der Waals surface area contributed by atoms with Gasteiger partial charge in [-0.2, -0.15) is 0 Å². The molecule has 2 heterocycles. The van der Waals surface area contributed by atoms with Gasteiger partial charge in [0.25, 0.3) is 5.91 Å². The fraction of sp³-hybridized carbons (Fsp3) is 0.375. The van der Waals surface area contributed by atoms with Gasteiger partial charge >= 0.3 is 0 Å². The monoisotopic (exact) mass is 287 g/mol. The molecule has 5 heteroatoms. The molecule has 4 nitrogen and oxygen atoms in total. The standard InChI is InChI=1S/C16H18FN3O/c1-12-6-8-19(9-7-12)16(21)15-10-18-11-20(15)14-4-2-13(17)3-5-14/h2-5,10-12H,6-9H2,1H3. The minimum atomic E-state index is -0.295. The maximum absolute atomic E-state index is 13.0. The lowest BCUT2D eigenvalue weighted by Crippen LogP contribution is -2.38. The minimum absolute atomic E-state index is 0.0104. The van der Waals surface area contributed by atoms with E-state index in [0.717, 1.165) is 31.6 Å². The molecule has 3 rings (SSSR count). The van der Waals surface area contributed by atoms with Crippen molar-refractivity contribution in [2.75, 3.05) is 13.1 Å². The van der Waals surface area contributed by atoms with E-state index >= 15 is 0 Å². The average molecular weight is 287 g/mol. The number of hydrogen-bond donors (Lipinski definition) is 0. The van der Waals surface area contributed by atoms with E-state index in [4.69, 9.17) is 0 Å². The van der Waals surface area contributed by atoms with Gasteiger partial charge in [0.15, 0.2) is 0 Å². The van der Waals surface area contributed by atoms with Gasteiger partial charge in [0, 0.05) is 18.8 Å². The van der Waals surface area contributed by atoms with Gasteiger partial charge in [-0.15, -0.1) is 0 Å². The molecule has 1 fully saturated rings. The number of carbonyl (C=O) groups excluding carboxylic acids is 1. The van der Waals surface area contributed by atoms with Crippen LogP contribution in [-0.4, -0.2) is 33.4 Å². The van der Waals surface area contributed by atoms with E-state index in [0.29, 0.717) is 11.6 Å². The third kappa shape index (κ3) is 2.82. The summed E-state index contributed by atoms with van der Waals surface area (Å²) in [5.41, 5.74) is 1.26. The van der Waals surface area contributed by atoms with Gasteiger partial charge in [-0.1, -0.05) is 6.92 Å². The molecule has 0 saturated carbocycles. The Morgan fingerprint density at radius 2 is 1.90 bits per heavy atom. The van der Waals surface area contributed by atoms with Crippen LogP contribution in [0.3, 0.4) is 0 Å². The zero-order valence-corrected chi connectivity index (χ0v) is 12.0. The van der Waals surface area contributed by atoms with Crippen LogP contribution in [0.2, 0.25) is 0 Å². The lowest BCUT2D eigenvalue weighted by Gasteiger charge is -2.30. The summed E-state index contributed by atoms with van der Waals surface area (Å²) in [5, 5.41) is 0. The lowest BCUT2D eigenvalue weighted by atomic mass is 9.99. The van der Waals surface area contributed by atoms with Crippen LogP contribution in [-0.2, 0) is 0 Å². The highest BCUT2D eigenvalue weighted by atomic mass is 19.1. The number of benzene rings is 1. The Labute approximate surface area is 123 Å². The topological polar surface area (TPSA) is 38.1 Å². The van der Waals surface area contributed by atoms with Crippen molar-refractivity contribution in [3.8, 4) is 5.69 Å². The van der Waals surface area contributed by atoms with Crippen LogP contribution in [0.1, 0.15) is 30.3 Å². The lowest BCUT2D eigenvalue weighted by molar-refractivity contribution is 0.0689. The van der Waals surface area contributed by atoms with Gasteiger partial charge in [0.2, 0.25) is 0 Å². The predicted octanol–water partition coefficient (Wildman–Crippen LogP) is 2.88. The van der Waals surface area contributed by atoms with E-state index in [9.17, 15) is 9.18 Å². The van der Waals surface area contributed by atoms with Crippen molar-refractivity contribution in [2.45, 2.75) is 19.8 Å². The number of nitrogens with zero attached hydrogens (tertiary/aromatic N) is 3. The van der Waals surface area contributed by atoms with Crippen molar-refractivity contribution >= 4 is 5.91 Å². The SMILES string of the molecule is CC1CCN(C(=O)c2cncn2-c2ccc(F)cc2)CC1. The van der Waals surface area contributed by atoms with Crippen molar-refractivity contribution in [3.05, 3.63) is 48.3 Å². The first-order chi connectivity index (χ1) is 10.1. The van der Waals surface area contributed by atoms with Gasteiger partial charge < -0.3 is 4.90 Å². The Morgan fingerprint density at radius 3 is 2.57 bits per heavy atom. The maximum Gasteiger partial charge on any atom is 0.272 e. The second-order valence-electron chi connectivity index (χ2n) is 5.60. The molecule has 1 aromatic carbocycles. The van der Waals surface area contributed by atoms with Crippen LogP contribution in [0, 0.1) is 11.7 Å². The van der Waals surface area contributed by atoms with E-state index in [-0.39, 0.29) is 11.7 Å². The molecular formula is C16H18FN3O. The fourth-order valence-electron chi connectivity index (χ4n) is 2.63. The molecule has 1 aliphatic heterocycles. The van der Waals surface area contributed by atoms with Crippen LogP contribution in [0.5, 0.6) is 0 Å². The van der Waals surface area contributed by atoms with Crippen LogP contribution in [0.4, 0.5) is 4.39 Å². The van der Waals surface area contributed by atoms with Crippen molar-refractivity contribution in [3.63, 3.8) is 0 Å². The van der Waals surface area contributed by atoms with Crippen molar-refractivity contribution < 1.29 is 9.18 Å². The summed E-state index contributed by atoms with van der Waals surface area (Å²) < 4.78 is 14.7. The highest BCUT2D eigenvalue weighted by Crippen LogP contribution is 2.19. The van der Waals surface area contributed by atoms with Gasteiger partial charge in [0.1, 0.15) is 11.5 Å².